The van der Waals surface area contributed by atoms with E-state index < -0.39 is 6.10 Å². The van der Waals surface area contributed by atoms with E-state index in [2.05, 4.69) is 0 Å². The third-order valence-corrected chi connectivity index (χ3v) is 2.06. The van der Waals surface area contributed by atoms with E-state index in [1.54, 1.807) is 12.1 Å². The van der Waals surface area contributed by atoms with Crippen molar-refractivity contribution in [2.45, 2.75) is 18.9 Å². The van der Waals surface area contributed by atoms with E-state index in [1.807, 2.05) is 6.92 Å². The molecule has 1 heterocycles. The van der Waals surface area contributed by atoms with Crippen molar-refractivity contribution in [2.75, 3.05) is 6.54 Å². The number of nitrogens with two attached hydrogens (primary N) is 1. The lowest BCUT2D eigenvalue weighted by Crippen LogP contribution is -2.25. The molecule has 0 saturated carbocycles. The smallest absolute Gasteiger partial charge is 0.193 e. The van der Waals surface area contributed by atoms with Crippen LogP contribution in [-0.2, 0) is 0 Å². The highest BCUT2D eigenvalue weighted by molar-refractivity contribution is 6.28. The first-order valence-electron chi connectivity index (χ1n) is 3.78. The van der Waals surface area contributed by atoms with Gasteiger partial charge in [0.25, 0.3) is 0 Å². The Labute approximate surface area is 76.1 Å². The van der Waals surface area contributed by atoms with Crippen LogP contribution in [0.3, 0.4) is 0 Å². The second-order valence-corrected chi connectivity index (χ2v) is 3.11. The molecule has 1 aromatic heterocycles. The molecule has 0 fully saturated rings. The molecular weight excluding hydrogens is 178 g/mol. The van der Waals surface area contributed by atoms with Gasteiger partial charge >= 0.3 is 0 Å². The van der Waals surface area contributed by atoms with Crippen molar-refractivity contribution in [3.63, 3.8) is 0 Å². The van der Waals surface area contributed by atoms with Crippen molar-refractivity contribution in [1.29, 1.82) is 0 Å². The Morgan fingerprint density at radius 2 is 2.33 bits per heavy atom. The number of aliphatic hydroxyl groups excluding tert-OH is 1. The van der Waals surface area contributed by atoms with E-state index in [4.69, 9.17) is 21.8 Å². The third kappa shape index (κ3) is 2.00. The highest BCUT2D eigenvalue weighted by atomic mass is 35.5. The van der Waals surface area contributed by atoms with Gasteiger partial charge in [0, 0.05) is 12.5 Å². The van der Waals surface area contributed by atoms with E-state index in [-0.39, 0.29) is 12.5 Å². The fraction of sp³-hybridized carbons (Fsp3) is 0.500. The minimum Gasteiger partial charge on any atom is -0.449 e. The summed E-state index contributed by atoms with van der Waals surface area (Å²) >= 11 is 5.57. The van der Waals surface area contributed by atoms with E-state index in [9.17, 15) is 5.11 Å². The lowest BCUT2D eigenvalue weighted by molar-refractivity contribution is 0.147. The molecule has 68 valence electrons. The highest BCUT2D eigenvalue weighted by Crippen LogP contribution is 2.23. The maximum Gasteiger partial charge on any atom is 0.193 e. The van der Waals surface area contributed by atoms with Gasteiger partial charge in [0.05, 0.1) is 6.10 Å². The molecule has 0 aliphatic rings. The fourth-order valence-corrected chi connectivity index (χ4v) is 1.12. The van der Waals surface area contributed by atoms with Crippen LogP contribution in [0, 0.1) is 0 Å². The lowest BCUT2D eigenvalue weighted by Gasteiger charge is -2.13. The van der Waals surface area contributed by atoms with E-state index >= 15 is 0 Å². The molecule has 3 N–H and O–H groups in total. The van der Waals surface area contributed by atoms with Crippen LogP contribution in [0.2, 0.25) is 5.22 Å². The molecular formula is C8H12ClNO2. The number of halogens is 1. The minimum absolute atomic E-state index is 0.109. The molecule has 0 aliphatic carbocycles. The molecule has 1 aromatic rings. The normalized spacial score (nSPS) is 16.0. The summed E-state index contributed by atoms with van der Waals surface area (Å²) in [6.07, 6.45) is -0.577. The summed E-state index contributed by atoms with van der Waals surface area (Å²) in [6.45, 7) is 2.06. The van der Waals surface area contributed by atoms with Crippen molar-refractivity contribution in [3.05, 3.63) is 23.1 Å². The van der Waals surface area contributed by atoms with Crippen molar-refractivity contribution in [1.82, 2.24) is 0 Å². The van der Waals surface area contributed by atoms with Crippen LogP contribution in [0.15, 0.2) is 16.5 Å². The molecule has 0 aliphatic heterocycles. The molecule has 0 amide bonds. The molecule has 2 atom stereocenters. The standard InChI is InChI=1S/C8H12ClNO2/c1-5(6(11)4-10)7-2-3-8(9)12-7/h2-3,5-6,11H,4,10H2,1H3. The Bertz CT molecular complexity index is 249. The summed E-state index contributed by atoms with van der Waals surface area (Å²) in [6, 6.07) is 3.39. The minimum atomic E-state index is -0.577. The van der Waals surface area contributed by atoms with Crippen LogP contribution in [0.25, 0.3) is 0 Å². The Morgan fingerprint density at radius 3 is 2.75 bits per heavy atom. The first-order valence-corrected chi connectivity index (χ1v) is 4.16. The van der Waals surface area contributed by atoms with Gasteiger partial charge in [-0.2, -0.15) is 0 Å². The van der Waals surface area contributed by atoms with Gasteiger partial charge in [-0.05, 0) is 23.7 Å². The summed E-state index contributed by atoms with van der Waals surface area (Å²) < 4.78 is 5.12. The van der Waals surface area contributed by atoms with Crippen molar-refractivity contribution in [3.8, 4) is 0 Å². The molecule has 1 rings (SSSR count). The van der Waals surface area contributed by atoms with Crippen LogP contribution < -0.4 is 5.73 Å². The zero-order valence-electron chi connectivity index (χ0n) is 6.83. The maximum absolute atomic E-state index is 9.36. The van der Waals surface area contributed by atoms with Gasteiger partial charge < -0.3 is 15.3 Å². The lowest BCUT2D eigenvalue weighted by atomic mass is 10.0. The monoisotopic (exact) mass is 189 g/mol. The van der Waals surface area contributed by atoms with Gasteiger partial charge in [0.1, 0.15) is 5.76 Å². The summed E-state index contributed by atoms with van der Waals surface area (Å²) in [5.41, 5.74) is 5.29. The molecule has 12 heavy (non-hydrogen) atoms. The highest BCUT2D eigenvalue weighted by Gasteiger charge is 2.17. The van der Waals surface area contributed by atoms with Crippen LogP contribution in [-0.4, -0.2) is 17.8 Å². The number of rotatable bonds is 3. The van der Waals surface area contributed by atoms with E-state index in [0.717, 1.165) is 0 Å². The SMILES string of the molecule is CC(c1ccc(Cl)o1)C(O)CN. The van der Waals surface area contributed by atoms with Crippen molar-refractivity contribution in [2.24, 2.45) is 5.73 Å². The van der Waals surface area contributed by atoms with Crippen LogP contribution in [0.5, 0.6) is 0 Å². The summed E-state index contributed by atoms with van der Waals surface area (Å²) in [7, 11) is 0. The quantitative estimate of drug-likeness (QED) is 0.755. The molecule has 0 aromatic carbocycles. The van der Waals surface area contributed by atoms with Crippen molar-refractivity contribution < 1.29 is 9.52 Å². The van der Waals surface area contributed by atoms with Gasteiger partial charge in [-0.1, -0.05) is 6.92 Å². The van der Waals surface area contributed by atoms with Crippen LogP contribution in [0.4, 0.5) is 0 Å². The molecule has 0 saturated heterocycles. The zero-order chi connectivity index (χ0) is 9.14. The molecule has 4 heteroatoms. The van der Waals surface area contributed by atoms with Gasteiger partial charge in [-0.3, -0.25) is 0 Å². The molecule has 0 spiro atoms. The number of hydrogen-bond acceptors (Lipinski definition) is 3. The molecule has 2 unspecified atom stereocenters. The maximum atomic E-state index is 9.36. The third-order valence-electron chi connectivity index (χ3n) is 1.86. The van der Waals surface area contributed by atoms with Gasteiger partial charge in [0.2, 0.25) is 0 Å². The van der Waals surface area contributed by atoms with Crippen LogP contribution >= 0.6 is 11.6 Å². The average Bonchev–Trinajstić information content (AvgIpc) is 2.49. The first-order chi connectivity index (χ1) is 5.65. The number of aliphatic hydroxyl groups is 1. The molecule has 3 nitrogen and oxygen atoms in total. The second-order valence-electron chi connectivity index (χ2n) is 2.73. The summed E-state index contributed by atoms with van der Waals surface area (Å²) in [4.78, 5) is 0. The summed E-state index contributed by atoms with van der Waals surface area (Å²) in [5, 5.41) is 9.70. The molecule has 0 radical (unpaired) electrons. The Balaban J connectivity index is 2.70. The first kappa shape index (κ1) is 9.58. The van der Waals surface area contributed by atoms with Gasteiger partial charge in [0.15, 0.2) is 5.22 Å². The van der Waals surface area contributed by atoms with Gasteiger partial charge in [-0.25, -0.2) is 0 Å². The predicted molar refractivity (Wildman–Crippen MR) is 47.2 cm³/mol. The zero-order valence-corrected chi connectivity index (χ0v) is 7.58. The number of furan rings is 1. The fourth-order valence-electron chi connectivity index (χ4n) is 0.967. The predicted octanol–water partition coefficient (Wildman–Crippen LogP) is 1.36. The van der Waals surface area contributed by atoms with Crippen LogP contribution in [0.1, 0.15) is 18.6 Å². The van der Waals surface area contributed by atoms with E-state index in [0.29, 0.717) is 11.0 Å². The Hall–Kier alpha value is -0.510. The number of hydrogen-bond donors (Lipinski definition) is 2. The Kier molecular flexibility index (Phi) is 3.14. The Morgan fingerprint density at radius 1 is 1.67 bits per heavy atom. The largest absolute Gasteiger partial charge is 0.449 e. The van der Waals surface area contributed by atoms with Gasteiger partial charge in [-0.15, -0.1) is 0 Å². The second kappa shape index (κ2) is 3.94. The average molecular weight is 190 g/mol. The summed E-state index contributed by atoms with van der Waals surface area (Å²) in [5.74, 6) is 0.556. The molecule has 0 bridgehead atoms. The van der Waals surface area contributed by atoms with Crippen molar-refractivity contribution >= 4 is 11.6 Å². The topological polar surface area (TPSA) is 59.4 Å². The van der Waals surface area contributed by atoms with E-state index in [1.165, 1.54) is 0 Å².